The average Bonchev–Trinajstić information content (AvgIpc) is 2.66. The van der Waals surface area contributed by atoms with E-state index in [4.69, 9.17) is 10.2 Å². The van der Waals surface area contributed by atoms with Crippen LogP contribution in [-0.2, 0) is 14.8 Å². The summed E-state index contributed by atoms with van der Waals surface area (Å²) >= 11 is 0. The van der Waals surface area contributed by atoms with Gasteiger partial charge in [-0.25, -0.2) is 22.7 Å². The van der Waals surface area contributed by atoms with Crippen LogP contribution in [0.2, 0.25) is 0 Å². The van der Waals surface area contributed by atoms with Crippen molar-refractivity contribution in [2.45, 2.75) is 6.42 Å². The lowest BCUT2D eigenvalue weighted by atomic mass is 10.1. The Balaban J connectivity index is 2.36. The Morgan fingerprint density at radius 1 is 1.48 bits per heavy atom. The fourth-order valence-corrected chi connectivity index (χ4v) is 3.28. The number of benzene rings is 1. The molecule has 1 unspecified atom stereocenters. The topological polar surface area (TPSA) is 118 Å². The van der Waals surface area contributed by atoms with Gasteiger partial charge < -0.3 is 10.0 Å². The van der Waals surface area contributed by atoms with Crippen molar-refractivity contribution >= 4 is 27.6 Å². The van der Waals surface area contributed by atoms with Crippen molar-refractivity contribution in [1.82, 2.24) is 0 Å². The number of aromatic carboxylic acids is 1. The molecule has 0 aliphatic carbocycles. The number of rotatable bonds is 4. The molecule has 1 amide bonds. The van der Waals surface area contributed by atoms with Crippen molar-refractivity contribution in [2.75, 3.05) is 17.2 Å². The van der Waals surface area contributed by atoms with Gasteiger partial charge in [0.1, 0.15) is 5.82 Å². The fourth-order valence-electron chi connectivity index (χ4n) is 2.40. The third-order valence-corrected chi connectivity index (χ3v) is 4.10. The van der Waals surface area contributed by atoms with E-state index in [1.807, 2.05) is 0 Å². The van der Waals surface area contributed by atoms with Gasteiger partial charge in [-0.15, -0.1) is 0 Å². The van der Waals surface area contributed by atoms with Gasteiger partial charge in [0.2, 0.25) is 15.9 Å². The number of carboxylic acids is 1. The lowest BCUT2D eigenvalue weighted by Crippen LogP contribution is -2.29. The number of carbonyl (C=O) groups is 2. The molecule has 9 heteroatoms. The Hall–Kier alpha value is -2.00. The van der Waals surface area contributed by atoms with E-state index in [1.54, 1.807) is 0 Å². The van der Waals surface area contributed by atoms with E-state index >= 15 is 0 Å². The first-order valence-corrected chi connectivity index (χ1v) is 7.73. The highest BCUT2D eigenvalue weighted by atomic mass is 32.2. The van der Waals surface area contributed by atoms with Gasteiger partial charge in [0.15, 0.2) is 0 Å². The third-order valence-electron chi connectivity index (χ3n) is 3.16. The summed E-state index contributed by atoms with van der Waals surface area (Å²) in [6.45, 7) is -0.0868. The zero-order chi connectivity index (χ0) is 15.8. The molecule has 3 N–H and O–H groups in total. The van der Waals surface area contributed by atoms with Crippen molar-refractivity contribution < 1.29 is 27.5 Å². The Bertz CT molecular complexity index is 704. The van der Waals surface area contributed by atoms with Crippen molar-refractivity contribution in [3.63, 3.8) is 0 Å². The van der Waals surface area contributed by atoms with Gasteiger partial charge in [0, 0.05) is 18.9 Å². The summed E-state index contributed by atoms with van der Waals surface area (Å²) in [7, 11) is -3.76. The number of hydrogen-bond donors (Lipinski definition) is 2. The molecule has 7 nitrogen and oxygen atoms in total. The zero-order valence-corrected chi connectivity index (χ0v) is 11.6. The normalized spacial score (nSPS) is 19.0. The lowest BCUT2D eigenvalue weighted by Gasteiger charge is -2.19. The standard InChI is InChI=1S/C12H13FN2O5S/c13-9-3-1-2-8(12(17)18)11(9)15-5-7(4-10(15)16)6-21(14,19)20/h1-3,7H,4-6H2,(H,17,18)(H2,14,19,20). The Labute approximate surface area is 120 Å². The molecule has 1 fully saturated rings. The van der Waals surface area contributed by atoms with E-state index in [9.17, 15) is 22.4 Å². The van der Waals surface area contributed by atoms with E-state index in [1.165, 1.54) is 12.1 Å². The van der Waals surface area contributed by atoms with Crippen LogP contribution in [0.5, 0.6) is 0 Å². The molecule has 0 spiro atoms. The summed E-state index contributed by atoms with van der Waals surface area (Å²) in [5, 5.41) is 14.0. The second-order valence-corrected chi connectivity index (χ2v) is 6.50. The number of carboxylic acid groups (broad SMARTS) is 1. The molecule has 1 aliphatic rings. The first-order valence-electron chi connectivity index (χ1n) is 6.01. The summed E-state index contributed by atoms with van der Waals surface area (Å²) in [4.78, 5) is 24.0. The minimum absolute atomic E-state index is 0.0868. The molecule has 1 aliphatic heterocycles. The summed E-state index contributed by atoms with van der Waals surface area (Å²) in [6, 6.07) is 3.45. The van der Waals surface area contributed by atoms with E-state index < -0.39 is 39.4 Å². The fraction of sp³-hybridized carbons (Fsp3) is 0.333. The Morgan fingerprint density at radius 2 is 2.14 bits per heavy atom. The molecular formula is C12H13FN2O5S. The van der Waals surface area contributed by atoms with Gasteiger partial charge in [0.25, 0.3) is 0 Å². The van der Waals surface area contributed by atoms with E-state index in [0.717, 1.165) is 11.0 Å². The van der Waals surface area contributed by atoms with Crippen LogP contribution in [0.15, 0.2) is 18.2 Å². The lowest BCUT2D eigenvalue weighted by molar-refractivity contribution is -0.117. The van der Waals surface area contributed by atoms with Crippen LogP contribution in [0.4, 0.5) is 10.1 Å². The molecule has 21 heavy (non-hydrogen) atoms. The largest absolute Gasteiger partial charge is 0.478 e. The highest BCUT2D eigenvalue weighted by molar-refractivity contribution is 7.89. The van der Waals surface area contributed by atoms with Crippen LogP contribution in [-0.4, -0.2) is 37.7 Å². The van der Waals surface area contributed by atoms with Crippen LogP contribution in [0, 0.1) is 11.7 Å². The van der Waals surface area contributed by atoms with Crippen molar-refractivity contribution in [3.05, 3.63) is 29.6 Å². The highest BCUT2D eigenvalue weighted by Crippen LogP contribution is 2.31. The molecule has 1 aromatic carbocycles. The quantitative estimate of drug-likeness (QED) is 0.820. The van der Waals surface area contributed by atoms with E-state index in [2.05, 4.69) is 0 Å². The Kier molecular flexibility index (Phi) is 3.97. The summed E-state index contributed by atoms with van der Waals surface area (Å²) < 4.78 is 36.0. The maximum atomic E-state index is 13.9. The Morgan fingerprint density at radius 3 is 2.71 bits per heavy atom. The summed E-state index contributed by atoms with van der Waals surface area (Å²) in [5.41, 5.74) is -0.688. The van der Waals surface area contributed by atoms with Crippen LogP contribution in [0.3, 0.4) is 0 Å². The number of sulfonamides is 1. The molecule has 1 heterocycles. The third kappa shape index (κ3) is 3.37. The van der Waals surface area contributed by atoms with Crippen molar-refractivity contribution in [1.29, 1.82) is 0 Å². The van der Waals surface area contributed by atoms with E-state index in [0.29, 0.717) is 0 Å². The van der Waals surface area contributed by atoms with Gasteiger partial charge in [-0.1, -0.05) is 6.07 Å². The second-order valence-electron chi connectivity index (χ2n) is 4.85. The number of primary sulfonamides is 1. The number of amides is 1. The summed E-state index contributed by atoms with van der Waals surface area (Å²) in [5.74, 6) is -3.75. The summed E-state index contributed by atoms with van der Waals surface area (Å²) in [6.07, 6.45) is -0.121. The smallest absolute Gasteiger partial charge is 0.337 e. The molecule has 0 saturated carbocycles. The number of nitrogens with zero attached hydrogens (tertiary/aromatic N) is 1. The van der Waals surface area contributed by atoms with Gasteiger partial charge in [-0.2, -0.15) is 0 Å². The number of anilines is 1. The predicted molar refractivity (Wildman–Crippen MR) is 71.8 cm³/mol. The first kappa shape index (κ1) is 15.4. The van der Waals surface area contributed by atoms with Crippen molar-refractivity contribution in [3.8, 4) is 0 Å². The second kappa shape index (κ2) is 5.41. The average molecular weight is 316 g/mol. The van der Waals surface area contributed by atoms with Crippen LogP contribution in [0.1, 0.15) is 16.8 Å². The van der Waals surface area contributed by atoms with Crippen molar-refractivity contribution in [2.24, 2.45) is 11.1 Å². The van der Waals surface area contributed by atoms with Gasteiger partial charge in [-0.3, -0.25) is 4.79 Å². The minimum atomic E-state index is -3.76. The monoisotopic (exact) mass is 316 g/mol. The predicted octanol–water partition coefficient (Wildman–Crippen LogP) is 0.165. The van der Waals surface area contributed by atoms with Crippen LogP contribution in [0.25, 0.3) is 0 Å². The molecule has 114 valence electrons. The number of para-hydroxylation sites is 1. The number of halogens is 1. The highest BCUT2D eigenvalue weighted by Gasteiger charge is 2.36. The molecule has 1 saturated heterocycles. The van der Waals surface area contributed by atoms with Crippen LogP contribution >= 0.6 is 0 Å². The molecule has 2 rings (SSSR count). The molecule has 1 aromatic rings. The van der Waals surface area contributed by atoms with E-state index in [-0.39, 0.29) is 24.2 Å². The number of hydrogen-bond acceptors (Lipinski definition) is 4. The molecule has 0 radical (unpaired) electrons. The molecular weight excluding hydrogens is 303 g/mol. The first-order chi connectivity index (χ1) is 9.69. The number of carbonyl (C=O) groups excluding carboxylic acids is 1. The zero-order valence-electron chi connectivity index (χ0n) is 10.8. The molecule has 0 bridgehead atoms. The molecule has 1 atom stereocenters. The maximum absolute atomic E-state index is 13.9. The minimum Gasteiger partial charge on any atom is -0.478 e. The van der Waals surface area contributed by atoms with Gasteiger partial charge >= 0.3 is 5.97 Å². The van der Waals surface area contributed by atoms with Crippen LogP contribution < -0.4 is 10.0 Å². The van der Waals surface area contributed by atoms with Gasteiger partial charge in [0.05, 0.1) is 17.0 Å². The SMILES string of the molecule is NS(=O)(=O)CC1CC(=O)N(c2c(F)cccc2C(=O)O)C1. The van der Waals surface area contributed by atoms with Gasteiger partial charge in [-0.05, 0) is 12.1 Å². The maximum Gasteiger partial charge on any atom is 0.337 e. The molecule has 0 aromatic heterocycles. The number of nitrogens with two attached hydrogens (primary N) is 1.